The number of para-hydroxylation sites is 2. The summed E-state index contributed by atoms with van der Waals surface area (Å²) in [6.45, 7) is 7.19. The summed E-state index contributed by atoms with van der Waals surface area (Å²) in [4.78, 5) is 17.3. The maximum Gasteiger partial charge on any atom is 0.223 e. The molecule has 0 fully saturated rings. The Kier molecular flexibility index (Phi) is 7.15. The summed E-state index contributed by atoms with van der Waals surface area (Å²) in [5, 5.41) is 3.82. The van der Waals surface area contributed by atoms with Crippen LogP contribution in [0.25, 0.3) is 11.0 Å². The number of benzene rings is 2. The van der Waals surface area contributed by atoms with Crippen molar-refractivity contribution in [1.82, 2.24) is 14.9 Å². The fourth-order valence-electron chi connectivity index (χ4n) is 3.50. The summed E-state index contributed by atoms with van der Waals surface area (Å²) in [7, 11) is 0. The van der Waals surface area contributed by atoms with Crippen LogP contribution >= 0.6 is 11.6 Å². The van der Waals surface area contributed by atoms with Crippen molar-refractivity contribution < 1.29 is 9.53 Å². The summed E-state index contributed by atoms with van der Waals surface area (Å²) in [5.41, 5.74) is 1.95. The van der Waals surface area contributed by atoms with Crippen molar-refractivity contribution in [3.8, 4) is 5.75 Å². The van der Waals surface area contributed by atoms with Gasteiger partial charge in [0.05, 0.1) is 23.6 Å². The number of carbonyl (C=O) groups excluding carboxylic acids is 1. The van der Waals surface area contributed by atoms with Gasteiger partial charge in [0, 0.05) is 10.9 Å². The lowest BCUT2D eigenvalue weighted by Gasteiger charge is -2.19. The van der Waals surface area contributed by atoms with Crippen molar-refractivity contribution in [2.75, 3.05) is 6.61 Å². The smallest absolute Gasteiger partial charge is 0.223 e. The van der Waals surface area contributed by atoms with Gasteiger partial charge >= 0.3 is 0 Å². The van der Waals surface area contributed by atoms with E-state index < -0.39 is 0 Å². The Balaban J connectivity index is 1.78. The quantitative estimate of drug-likeness (QED) is 0.512. The van der Waals surface area contributed by atoms with Gasteiger partial charge < -0.3 is 14.6 Å². The first kappa shape index (κ1) is 21.2. The van der Waals surface area contributed by atoms with E-state index in [1.165, 1.54) is 0 Å². The van der Waals surface area contributed by atoms with Crippen LogP contribution in [0.4, 0.5) is 0 Å². The molecule has 0 radical (unpaired) electrons. The summed E-state index contributed by atoms with van der Waals surface area (Å²) in [6, 6.07) is 15.1. The van der Waals surface area contributed by atoms with Gasteiger partial charge in [-0.25, -0.2) is 4.98 Å². The second-order valence-electron chi connectivity index (χ2n) is 7.16. The summed E-state index contributed by atoms with van der Waals surface area (Å²) in [6.07, 6.45) is 1.67. The van der Waals surface area contributed by atoms with Crippen molar-refractivity contribution in [2.24, 2.45) is 5.92 Å². The van der Waals surface area contributed by atoms with Gasteiger partial charge in [0.1, 0.15) is 18.2 Å². The lowest BCUT2D eigenvalue weighted by Crippen LogP contribution is -2.33. The Labute approximate surface area is 177 Å². The van der Waals surface area contributed by atoms with E-state index in [9.17, 15) is 4.79 Å². The van der Waals surface area contributed by atoms with Gasteiger partial charge in [0.25, 0.3) is 0 Å². The van der Waals surface area contributed by atoms with E-state index >= 15 is 0 Å². The Morgan fingerprint density at radius 1 is 1.14 bits per heavy atom. The number of nitrogens with zero attached hydrogens (tertiary/aromatic N) is 2. The first-order chi connectivity index (χ1) is 14.0. The van der Waals surface area contributed by atoms with Crippen LogP contribution < -0.4 is 10.1 Å². The molecule has 1 N–H and O–H groups in total. The minimum Gasteiger partial charge on any atom is -0.492 e. The second kappa shape index (κ2) is 9.79. The van der Waals surface area contributed by atoms with Gasteiger partial charge in [0.15, 0.2) is 0 Å². The number of hydrogen-bond donors (Lipinski definition) is 1. The fourth-order valence-corrected chi connectivity index (χ4v) is 3.63. The summed E-state index contributed by atoms with van der Waals surface area (Å²) < 4.78 is 8.01. The topological polar surface area (TPSA) is 56.2 Å². The first-order valence-corrected chi connectivity index (χ1v) is 10.5. The summed E-state index contributed by atoms with van der Waals surface area (Å²) >= 11 is 5.93. The molecule has 1 unspecified atom stereocenters. The molecule has 5 nitrogen and oxygen atoms in total. The van der Waals surface area contributed by atoms with E-state index in [4.69, 9.17) is 21.3 Å². The van der Waals surface area contributed by atoms with Crippen LogP contribution in [0, 0.1) is 5.92 Å². The molecule has 0 saturated heterocycles. The fraction of sp³-hybridized carbons (Fsp3) is 0.391. The SMILES string of the molecule is CCC(CC)C(=O)NC(C)c1nc2ccccc2n1CCOc1ccc(Cl)cc1. The number of amides is 1. The third-order valence-electron chi connectivity index (χ3n) is 5.18. The zero-order valence-corrected chi connectivity index (χ0v) is 17.9. The number of aromatic nitrogens is 2. The molecule has 0 bridgehead atoms. The Bertz CT molecular complexity index is 948. The Hall–Kier alpha value is -2.53. The van der Waals surface area contributed by atoms with Gasteiger partial charge in [-0.05, 0) is 56.2 Å². The number of halogens is 1. The molecule has 2 aromatic carbocycles. The molecule has 1 amide bonds. The lowest BCUT2D eigenvalue weighted by atomic mass is 10.0. The largest absolute Gasteiger partial charge is 0.492 e. The third-order valence-corrected chi connectivity index (χ3v) is 5.44. The zero-order chi connectivity index (χ0) is 20.8. The lowest BCUT2D eigenvalue weighted by molar-refractivity contribution is -0.125. The van der Waals surface area contributed by atoms with E-state index in [1.807, 2.05) is 69.3 Å². The maximum absolute atomic E-state index is 12.6. The number of rotatable bonds is 9. The van der Waals surface area contributed by atoms with Gasteiger partial charge in [-0.15, -0.1) is 0 Å². The third kappa shape index (κ3) is 5.10. The number of fused-ring (bicyclic) bond motifs is 1. The predicted molar refractivity (Wildman–Crippen MR) is 117 cm³/mol. The number of hydrogen-bond acceptors (Lipinski definition) is 3. The minimum absolute atomic E-state index is 0.0310. The molecule has 0 saturated carbocycles. The van der Waals surface area contributed by atoms with Crippen molar-refractivity contribution in [2.45, 2.75) is 46.2 Å². The maximum atomic E-state index is 12.6. The van der Waals surface area contributed by atoms with Crippen molar-refractivity contribution >= 4 is 28.5 Å². The van der Waals surface area contributed by atoms with E-state index in [2.05, 4.69) is 9.88 Å². The number of nitrogens with one attached hydrogen (secondary N) is 1. The van der Waals surface area contributed by atoms with Crippen LogP contribution in [0.2, 0.25) is 5.02 Å². The molecule has 0 spiro atoms. The zero-order valence-electron chi connectivity index (χ0n) is 17.2. The highest BCUT2D eigenvalue weighted by molar-refractivity contribution is 6.30. The molecule has 154 valence electrons. The van der Waals surface area contributed by atoms with E-state index in [-0.39, 0.29) is 17.9 Å². The molecule has 0 aliphatic carbocycles. The predicted octanol–water partition coefficient (Wildman–Crippen LogP) is 5.38. The molecule has 0 aliphatic rings. The van der Waals surface area contributed by atoms with E-state index in [0.29, 0.717) is 18.2 Å². The monoisotopic (exact) mass is 413 g/mol. The molecular formula is C23H28ClN3O2. The van der Waals surface area contributed by atoms with E-state index in [1.54, 1.807) is 0 Å². The molecular weight excluding hydrogens is 386 g/mol. The van der Waals surface area contributed by atoms with Crippen LogP contribution in [0.15, 0.2) is 48.5 Å². The Morgan fingerprint density at radius 2 is 1.83 bits per heavy atom. The molecule has 29 heavy (non-hydrogen) atoms. The van der Waals surface area contributed by atoms with Gasteiger partial charge in [-0.1, -0.05) is 37.6 Å². The molecule has 3 rings (SSSR count). The molecule has 1 heterocycles. The summed E-state index contributed by atoms with van der Waals surface area (Å²) in [5.74, 6) is 1.72. The second-order valence-corrected chi connectivity index (χ2v) is 7.59. The Morgan fingerprint density at radius 3 is 2.52 bits per heavy atom. The molecule has 3 aromatic rings. The molecule has 1 atom stereocenters. The van der Waals surface area contributed by atoms with Gasteiger partial charge in [-0.2, -0.15) is 0 Å². The molecule has 0 aliphatic heterocycles. The molecule has 6 heteroatoms. The van der Waals surface area contributed by atoms with Crippen molar-refractivity contribution in [3.05, 3.63) is 59.4 Å². The minimum atomic E-state index is -0.189. The average molecular weight is 414 g/mol. The van der Waals surface area contributed by atoms with Crippen molar-refractivity contribution in [1.29, 1.82) is 0 Å². The van der Waals surface area contributed by atoms with Crippen LogP contribution in [0.1, 0.15) is 45.5 Å². The van der Waals surface area contributed by atoms with Crippen LogP contribution in [0.5, 0.6) is 5.75 Å². The van der Waals surface area contributed by atoms with Gasteiger partial charge in [-0.3, -0.25) is 4.79 Å². The highest BCUT2D eigenvalue weighted by Crippen LogP contribution is 2.22. The highest BCUT2D eigenvalue weighted by atomic mass is 35.5. The first-order valence-electron chi connectivity index (χ1n) is 10.2. The van der Waals surface area contributed by atoms with Crippen LogP contribution in [0.3, 0.4) is 0 Å². The van der Waals surface area contributed by atoms with Crippen LogP contribution in [-0.2, 0) is 11.3 Å². The highest BCUT2D eigenvalue weighted by Gasteiger charge is 2.21. The normalized spacial score (nSPS) is 12.3. The van der Waals surface area contributed by atoms with Gasteiger partial charge in [0.2, 0.25) is 5.91 Å². The average Bonchev–Trinajstić information content (AvgIpc) is 3.09. The number of ether oxygens (including phenoxy) is 1. The van der Waals surface area contributed by atoms with Crippen LogP contribution in [-0.4, -0.2) is 22.1 Å². The van der Waals surface area contributed by atoms with E-state index in [0.717, 1.165) is 35.4 Å². The van der Waals surface area contributed by atoms with Crippen molar-refractivity contribution in [3.63, 3.8) is 0 Å². The standard InChI is InChI=1S/C23H28ClN3O2/c1-4-17(5-2)23(28)25-16(3)22-26-20-8-6-7-9-21(20)27(22)14-15-29-19-12-10-18(24)11-13-19/h6-13,16-17H,4-5,14-15H2,1-3H3,(H,25,28). The number of carbonyl (C=O) groups is 1. The molecule has 1 aromatic heterocycles. The number of imidazole rings is 1.